The Morgan fingerprint density at radius 3 is 1.80 bits per heavy atom. The smallest absolute Gasteiger partial charge is 0.424 e. The number of hydrogen-bond donors (Lipinski definition) is 2. The standard InChI is InChI=1S/C49H61N7O4/c1-6-7-8-9-10-11-12-13-27-56(48(58)59-5)55-28-15-17-44(55)46-51-40-25-23-38(32-42(40)53-46)36-21-19-33-29-35(20-18-34(33)30-36)37-22-24-39-41(31-37)52-45(50-39)43-16-14-26-54(43)47(57)60-49(2,3)4/h18-25,29-32,43-44H,6-17,26-28H2,1-5H3,(H,50,52)(H,51,53)/t43-,44-/m0/s1. The van der Waals surface area contributed by atoms with E-state index in [1.165, 1.54) is 45.6 Å². The number of benzene rings is 4. The molecule has 4 aromatic carbocycles. The number of unbranched alkanes of at least 4 members (excludes halogenated alkanes) is 7. The summed E-state index contributed by atoms with van der Waals surface area (Å²) >= 11 is 0. The highest BCUT2D eigenvalue weighted by Gasteiger charge is 2.36. The normalized spacial score (nSPS) is 17.3. The number of amides is 2. The minimum absolute atomic E-state index is 0.0123. The molecule has 2 atom stereocenters. The summed E-state index contributed by atoms with van der Waals surface area (Å²) in [5.74, 6) is 1.69. The summed E-state index contributed by atoms with van der Waals surface area (Å²) in [6, 6.07) is 25.8. The highest BCUT2D eigenvalue weighted by atomic mass is 16.6. The zero-order valence-corrected chi connectivity index (χ0v) is 36.1. The molecule has 0 unspecified atom stereocenters. The summed E-state index contributed by atoms with van der Waals surface area (Å²) in [4.78, 5) is 44.9. The number of fused-ring (bicyclic) bond motifs is 3. The minimum Gasteiger partial charge on any atom is -0.452 e. The molecule has 2 saturated heterocycles. The maximum absolute atomic E-state index is 13.0. The van der Waals surface area contributed by atoms with Gasteiger partial charge in [0.2, 0.25) is 0 Å². The van der Waals surface area contributed by atoms with E-state index in [4.69, 9.17) is 19.4 Å². The van der Waals surface area contributed by atoms with Crippen molar-refractivity contribution in [3.63, 3.8) is 0 Å². The first kappa shape index (κ1) is 41.3. The number of ether oxygens (including phenoxy) is 2. The Hall–Kier alpha value is -5.42. The number of carbonyl (C=O) groups excluding carboxylic acids is 2. The van der Waals surface area contributed by atoms with Gasteiger partial charge in [-0.15, -0.1) is 0 Å². The number of hydrogen-bond acceptors (Lipinski definition) is 7. The Morgan fingerprint density at radius 1 is 0.700 bits per heavy atom. The van der Waals surface area contributed by atoms with Crippen molar-refractivity contribution < 1.29 is 19.1 Å². The molecule has 0 aliphatic carbocycles. The first-order chi connectivity index (χ1) is 29.1. The number of imidazole rings is 2. The second-order valence-electron chi connectivity index (χ2n) is 17.7. The lowest BCUT2D eigenvalue weighted by molar-refractivity contribution is -0.0295. The second-order valence-corrected chi connectivity index (χ2v) is 17.7. The van der Waals surface area contributed by atoms with Crippen LogP contribution in [0.1, 0.15) is 128 Å². The average Bonchev–Trinajstić information content (AvgIpc) is 4.07. The lowest BCUT2D eigenvalue weighted by atomic mass is 9.97. The summed E-state index contributed by atoms with van der Waals surface area (Å²) in [6.07, 6.45) is 12.8. The van der Waals surface area contributed by atoms with E-state index in [1.807, 2.05) is 25.8 Å². The van der Waals surface area contributed by atoms with Crippen molar-refractivity contribution in [1.82, 2.24) is 34.9 Å². The fourth-order valence-electron chi connectivity index (χ4n) is 9.07. The molecule has 4 heterocycles. The van der Waals surface area contributed by atoms with Crippen molar-refractivity contribution >= 4 is 45.0 Å². The Morgan fingerprint density at radius 2 is 1.22 bits per heavy atom. The third kappa shape index (κ3) is 9.16. The molecule has 2 N–H and O–H groups in total. The van der Waals surface area contributed by atoms with Gasteiger partial charge >= 0.3 is 12.2 Å². The lowest BCUT2D eigenvalue weighted by Gasteiger charge is -2.34. The number of hydrazine groups is 1. The molecule has 0 radical (unpaired) electrons. The highest BCUT2D eigenvalue weighted by Crippen LogP contribution is 2.37. The number of carbonyl (C=O) groups is 2. The van der Waals surface area contributed by atoms with Crippen molar-refractivity contribution in [2.24, 2.45) is 0 Å². The topological polar surface area (TPSA) is 120 Å². The van der Waals surface area contributed by atoms with Crippen molar-refractivity contribution in [3.8, 4) is 22.3 Å². The first-order valence-corrected chi connectivity index (χ1v) is 22.2. The number of H-pyrrole nitrogens is 2. The first-order valence-electron chi connectivity index (χ1n) is 22.2. The van der Waals surface area contributed by atoms with Crippen LogP contribution >= 0.6 is 0 Å². The molecule has 316 valence electrons. The molecule has 11 heteroatoms. The van der Waals surface area contributed by atoms with E-state index in [0.717, 1.165) is 112 Å². The van der Waals surface area contributed by atoms with Crippen molar-refractivity contribution in [1.29, 1.82) is 0 Å². The molecular weight excluding hydrogens is 751 g/mol. The van der Waals surface area contributed by atoms with Crippen LogP contribution in [0.15, 0.2) is 72.8 Å². The van der Waals surface area contributed by atoms with Crippen LogP contribution < -0.4 is 0 Å². The van der Waals surface area contributed by atoms with Crippen LogP contribution in [0.5, 0.6) is 0 Å². The quantitative estimate of drug-likeness (QED) is 0.105. The van der Waals surface area contributed by atoms with Crippen LogP contribution in [-0.2, 0) is 9.47 Å². The lowest BCUT2D eigenvalue weighted by Crippen LogP contribution is -2.46. The predicted octanol–water partition coefficient (Wildman–Crippen LogP) is 12.3. The molecule has 0 saturated carbocycles. The largest absolute Gasteiger partial charge is 0.452 e. The zero-order chi connectivity index (χ0) is 41.8. The van der Waals surface area contributed by atoms with E-state index in [9.17, 15) is 9.59 Å². The van der Waals surface area contributed by atoms with Crippen LogP contribution in [0.2, 0.25) is 0 Å². The van der Waals surface area contributed by atoms with Gasteiger partial charge in [0, 0.05) is 19.6 Å². The Labute approximate surface area is 353 Å². The van der Waals surface area contributed by atoms with Crippen LogP contribution in [0.3, 0.4) is 0 Å². The maximum Gasteiger partial charge on any atom is 0.424 e. The van der Waals surface area contributed by atoms with Gasteiger partial charge in [0.15, 0.2) is 0 Å². The molecule has 0 spiro atoms. The van der Waals surface area contributed by atoms with Crippen molar-refractivity contribution in [2.45, 2.75) is 122 Å². The van der Waals surface area contributed by atoms with E-state index in [2.05, 4.69) is 94.7 Å². The van der Waals surface area contributed by atoms with E-state index in [0.29, 0.717) is 13.1 Å². The minimum atomic E-state index is -0.545. The average molecular weight is 812 g/mol. The number of nitrogens with zero attached hydrogens (tertiary/aromatic N) is 5. The molecule has 2 amide bonds. The Kier molecular flexibility index (Phi) is 12.4. The van der Waals surface area contributed by atoms with Gasteiger partial charge in [0.1, 0.15) is 17.2 Å². The molecule has 6 aromatic rings. The van der Waals surface area contributed by atoms with Crippen molar-refractivity contribution in [3.05, 3.63) is 84.4 Å². The van der Waals surface area contributed by atoms with Gasteiger partial charge in [-0.3, -0.25) is 4.90 Å². The molecule has 8 rings (SSSR count). The van der Waals surface area contributed by atoms with Gasteiger partial charge in [-0.05, 0) is 122 Å². The maximum atomic E-state index is 13.0. The second kappa shape index (κ2) is 18.1. The van der Waals surface area contributed by atoms with Gasteiger partial charge in [-0.2, -0.15) is 0 Å². The SMILES string of the molecule is CCCCCCCCCCN(C(=O)OC)N1CCC[C@H]1c1nc2ccc(-c3ccc4cc(-c5ccc6nc([C@@H]7CCCN7C(=O)OC(C)(C)C)[nH]c6c5)ccc4c3)cc2[nH]1. The predicted molar refractivity (Wildman–Crippen MR) is 239 cm³/mol. The van der Waals surface area contributed by atoms with Crippen LogP contribution in [0, 0.1) is 0 Å². The number of likely N-dealkylation sites (tertiary alicyclic amines) is 1. The fourth-order valence-corrected chi connectivity index (χ4v) is 9.07. The molecule has 2 aromatic heterocycles. The number of methoxy groups -OCH3 is 1. The number of rotatable bonds is 14. The third-order valence-electron chi connectivity index (χ3n) is 12.2. The van der Waals surface area contributed by atoms with Gasteiger partial charge < -0.3 is 19.4 Å². The molecular formula is C49H61N7O4. The van der Waals surface area contributed by atoms with Gasteiger partial charge in [-0.25, -0.2) is 29.6 Å². The molecule has 2 fully saturated rings. The highest BCUT2D eigenvalue weighted by molar-refractivity contribution is 5.93. The summed E-state index contributed by atoms with van der Waals surface area (Å²) in [5.41, 5.74) is 7.67. The van der Waals surface area contributed by atoms with Gasteiger partial charge in [-0.1, -0.05) is 88.3 Å². The Balaban J connectivity index is 0.954. The van der Waals surface area contributed by atoms with E-state index >= 15 is 0 Å². The number of nitrogens with one attached hydrogen (secondary N) is 2. The third-order valence-corrected chi connectivity index (χ3v) is 12.2. The van der Waals surface area contributed by atoms with E-state index in [1.54, 1.807) is 4.90 Å². The number of aromatic amines is 2. The summed E-state index contributed by atoms with van der Waals surface area (Å²) in [5, 5.41) is 6.31. The number of aromatic nitrogens is 4. The van der Waals surface area contributed by atoms with E-state index < -0.39 is 5.60 Å². The van der Waals surface area contributed by atoms with E-state index in [-0.39, 0.29) is 24.3 Å². The van der Waals surface area contributed by atoms with Gasteiger partial charge in [0.25, 0.3) is 0 Å². The van der Waals surface area contributed by atoms with Gasteiger partial charge in [0.05, 0.1) is 41.3 Å². The molecule has 60 heavy (non-hydrogen) atoms. The molecule has 2 aliphatic heterocycles. The molecule has 11 nitrogen and oxygen atoms in total. The Bertz CT molecular complexity index is 2450. The summed E-state index contributed by atoms with van der Waals surface area (Å²) < 4.78 is 11.0. The summed E-state index contributed by atoms with van der Waals surface area (Å²) in [6.45, 7) is 10.1. The monoisotopic (exact) mass is 811 g/mol. The summed E-state index contributed by atoms with van der Waals surface area (Å²) in [7, 11) is 1.47. The van der Waals surface area contributed by atoms with Crippen molar-refractivity contribution in [2.75, 3.05) is 26.7 Å². The zero-order valence-electron chi connectivity index (χ0n) is 36.1. The van der Waals surface area contributed by atoms with Crippen LogP contribution in [-0.4, -0.2) is 79.4 Å². The molecule has 0 bridgehead atoms. The van der Waals surface area contributed by atoms with Crippen LogP contribution in [0.25, 0.3) is 55.1 Å². The van der Waals surface area contributed by atoms with Crippen LogP contribution in [0.4, 0.5) is 9.59 Å². The molecule has 2 aliphatic rings. The fraction of sp³-hybridized carbons (Fsp3) is 0.469.